The van der Waals surface area contributed by atoms with Crippen LogP contribution in [0.25, 0.3) is 0 Å². The third kappa shape index (κ3) is 3.75. The lowest BCUT2D eigenvalue weighted by atomic mass is 9.93. The molecule has 0 saturated carbocycles. The molecule has 8 heteroatoms. The highest BCUT2D eigenvalue weighted by Gasteiger charge is 2.22. The molecule has 3 rings (SSSR count). The smallest absolute Gasteiger partial charge is 0.257 e. The topological polar surface area (TPSA) is 79.4 Å². The first kappa shape index (κ1) is 18.0. The maximum absolute atomic E-state index is 12.5. The first-order valence-electron chi connectivity index (χ1n) is 8.10. The monoisotopic (exact) mass is 379 g/mol. The molecule has 2 aromatic rings. The summed E-state index contributed by atoms with van der Waals surface area (Å²) in [6, 6.07) is 6.04. The molecule has 1 aliphatic rings. The second-order valence-corrected chi connectivity index (χ2v) is 9.74. The summed E-state index contributed by atoms with van der Waals surface area (Å²) in [6.45, 7) is 2.22. The van der Waals surface area contributed by atoms with E-state index in [1.54, 1.807) is 12.1 Å². The van der Waals surface area contributed by atoms with Crippen LogP contribution in [0.15, 0.2) is 29.2 Å². The zero-order chi connectivity index (χ0) is 18.2. The van der Waals surface area contributed by atoms with Crippen LogP contribution >= 0.6 is 11.3 Å². The van der Waals surface area contributed by atoms with Gasteiger partial charge in [-0.3, -0.25) is 10.1 Å². The van der Waals surface area contributed by atoms with E-state index in [1.807, 2.05) is 0 Å². The van der Waals surface area contributed by atoms with Crippen molar-refractivity contribution in [1.29, 1.82) is 0 Å². The summed E-state index contributed by atoms with van der Waals surface area (Å²) < 4.78 is 25.5. The van der Waals surface area contributed by atoms with Crippen LogP contribution in [-0.4, -0.2) is 37.7 Å². The molecule has 1 heterocycles. The van der Waals surface area contributed by atoms with Crippen molar-refractivity contribution in [2.45, 2.75) is 31.1 Å². The number of amides is 1. The van der Waals surface area contributed by atoms with E-state index < -0.39 is 10.0 Å². The molecule has 1 aromatic carbocycles. The molecule has 0 unspecified atom stereocenters. The number of anilines is 1. The molecule has 0 spiro atoms. The summed E-state index contributed by atoms with van der Waals surface area (Å²) in [5.74, 6) is 0.291. The van der Waals surface area contributed by atoms with Crippen molar-refractivity contribution < 1.29 is 13.2 Å². The summed E-state index contributed by atoms with van der Waals surface area (Å²) in [5, 5.41) is 3.37. The lowest BCUT2D eigenvalue weighted by Gasteiger charge is -2.15. The molecule has 6 nitrogen and oxygen atoms in total. The lowest BCUT2D eigenvalue weighted by Crippen LogP contribution is -2.22. The Morgan fingerprint density at radius 3 is 2.84 bits per heavy atom. The first-order chi connectivity index (χ1) is 11.8. The third-order valence-corrected chi connectivity index (χ3v) is 7.13. The number of nitrogens with one attached hydrogen (secondary N) is 1. The third-order valence-electron chi connectivity index (χ3n) is 4.28. The molecule has 0 fully saturated rings. The van der Waals surface area contributed by atoms with Gasteiger partial charge < -0.3 is 0 Å². The molecule has 0 bridgehead atoms. The number of hydrogen-bond acceptors (Lipinski definition) is 5. The maximum Gasteiger partial charge on any atom is 0.257 e. The normalized spacial score (nSPS) is 17.4. The summed E-state index contributed by atoms with van der Waals surface area (Å²) in [6.07, 6.45) is 3.06. The van der Waals surface area contributed by atoms with Gasteiger partial charge in [0.2, 0.25) is 10.0 Å². The van der Waals surface area contributed by atoms with Gasteiger partial charge in [0.1, 0.15) is 0 Å². The number of thiazole rings is 1. The Morgan fingerprint density at radius 1 is 1.36 bits per heavy atom. The highest BCUT2D eigenvalue weighted by Crippen LogP contribution is 2.32. The van der Waals surface area contributed by atoms with E-state index in [2.05, 4.69) is 17.2 Å². The minimum Gasteiger partial charge on any atom is -0.298 e. The number of carbonyl (C=O) groups is 1. The average molecular weight is 380 g/mol. The number of benzene rings is 1. The molecule has 0 saturated heterocycles. The van der Waals surface area contributed by atoms with Gasteiger partial charge in [-0.2, -0.15) is 0 Å². The average Bonchev–Trinajstić information content (AvgIpc) is 2.96. The van der Waals surface area contributed by atoms with Crippen LogP contribution in [0.5, 0.6) is 0 Å². The van der Waals surface area contributed by atoms with Gasteiger partial charge in [-0.1, -0.05) is 13.0 Å². The molecule has 0 radical (unpaired) electrons. The summed E-state index contributed by atoms with van der Waals surface area (Å²) >= 11 is 1.51. The number of rotatable bonds is 4. The Morgan fingerprint density at radius 2 is 2.12 bits per heavy atom. The summed E-state index contributed by atoms with van der Waals surface area (Å²) in [5.41, 5.74) is 1.37. The Balaban J connectivity index is 1.81. The molecule has 1 aromatic heterocycles. The SMILES string of the molecule is C[C@H]1CCc2nc(NC(=O)c3cccc(S(=O)(=O)N(C)C)c3)sc2C1. The fourth-order valence-corrected chi connectivity index (χ4v) is 4.89. The van der Waals surface area contributed by atoms with Gasteiger partial charge in [0.15, 0.2) is 5.13 Å². The van der Waals surface area contributed by atoms with Crippen LogP contribution in [0.4, 0.5) is 5.13 Å². The number of carbonyl (C=O) groups excluding carboxylic acids is 1. The van der Waals surface area contributed by atoms with E-state index in [1.165, 1.54) is 42.4 Å². The second-order valence-electron chi connectivity index (χ2n) is 6.51. The predicted octanol–water partition coefficient (Wildman–Crippen LogP) is 2.77. The van der Waals surface area contributed by atoms with Crippen LogP contribution in [0.2, 0.25) is 0 Å². The fourth-order valence-electron chi connectivity index (χ4n) is 2.77. The van der Waals surface area contributed by atoms with Crippen molar-refractivity contribution in [3.8, 4) is 0 Å². The Bertz CT molecular complexity index is 904. The standard InChI is InChI=1S/C17H21N3O3S2/c1-11-7-8-14-15(9-11)24-17(18-14)19-16(21)12-5-4-6-13(10-12)25(22,23)20(2)3/h4-6,10-11H,7-9H2,1-3H3,(H,18,19,21)/t11-/m0/s1. The Kier molecular flexibility index (Phi) is 4.95. The molecule has 134 valence electrons. The van der Waals surface area contributed by atoms with E-state index in [0.29, 0.717) is 16.6 Å². The number of aryl methyl sites for hydroxylation is 1. The fraction of sp³-hybridized carbons (Fsp3) is 0.412. The van der Waals surface area contributed by atoms with Gasteiger partial charge in [-0.25, -0.2) is 17.7 Å². The van der Waals surface area contributed by atoms with Crippen LogP contribution in [0, 0.1) is 5.92 Å². The molecule has 1 aliphatic carbocycles. The van der Waals surface area contributed by atoms with Crippen LogP contribution in [0.3, 0.4) is 0 Å². The van der Waals surface area contributed by atoms with Crippen LogP contribution < -0.4 is 5.32 Å². The number of sulfonamides is 1. The van der Waals surface area contributed by atoms with Crippen LogP contribution in [-0.2, 0) is 22.9 Å². The molecular formula is C17H21N3O3S2. The van der Waals surface area contributed by atoms with Gasteiger partial charge in [0.25, 0.3) is 5.91 Å². The summed E-state index contributed by atoms with van der Waals surface area (Å²) in [4.78, 5) is 18.3. The van der Waals surface area contributed by atoms with Crippen molar-refractivity contribution in [3.05, 3.63) is 40.4 Å². The molecule has 25 heavy (non-hydrogen) atoms. The quantitative estimate of drug-likeness (QED) is 0.886. The van der Waals surface area contributed by atoms with Crippen molar-refractivity contribution in [2.75, 3.05) is 19.4 Å². The number of nitrogens with zero attached hydrogens (tertiary/aromatic N) is 2. The molecule has 0 aliphatic heterocycles. The number of fused-ring (bicyclic) bond motifs is 1. The Hall–Kier alpha value is -1.77. The molecule has 1 N–H and O–H groups in total. The van der Waals surface area contributed by atoms with Crippen molar-refractivity contribution in [2.24, 2.45) is 5.92 Å². The highest BCUT2D eigenvalue weighted by atomic mass is 32.2. The van der Waals surface area contributed by atoms with E-state index in [9.17, 15) is 13.2 Å². The molecule has 1 atom stereocenters. The summed E-state index contributed by atoms with van der Waals surface area (Å²) in [7, 11) is -0.651. The van der Waals surface area contributed by atoms with Gasteiger partial charge in [0.05, 0.1) is 10.6 Å². The Labute approximate surface area is 151 Å². The number of aromatic nitrogens is 1. The van der Waals surface area contributed by atoms with E-state index in [4.69, 9.17) is 0 Å². The first-order valence-corrected chi connectivity index (χ1v) is 10.4. The van der Waals surface area contributed by atoms with Crippen molar-refractivity contribution in [3.63, 3.8) is 0 Å². The zero-order valence-electron chi connectivity index (χ0n) is 14.4. The largest absolute Gasteiger partial charge is 0.298 e. The van der Waals surface area contributed by atoms with Crippen LogP contribution in [0.1, 0.15) is 34.3 Å². The van der Waals surface area contributed by atoms with Gasteiger partial charge >= 0.3 is 0 Å². The predicted molar refractivity (Wildman–Crippen MR) is 98.6 cm³/mol. The van der Waals surface area contributed by atoms with Gasteiger partial charge in [-0.05, 0) is 43.4 Å². The van der Waals surface area contributed by atoms with Gasteiger partial charge in [-0.15, -0.1) is 11.3 Å². The highest BCUT2D eigenvalue weighted by molar-refractivity contribution is 7.89. The van der Waals surface area contributed by atoms with E-state index in [-0.39, 0.29) is 10.8 Å². The second kappa shape index (κ2) is 6.86. The van der Waals surface area contributed by atoms with E-state index in [0.717, 1.165) is 29.3 Å². The van der Waals surface area contributed by atoms with E-state index >= 15 is 0 Å². The minimum atomic E-state index is -3.57. The maximum atomic E-state index is 12.5. The van der Waals surface area contributed by atoms with Crippen molar-refractivity contribution in [1.82, 2.24) is 9.29 Å². The molecule has 1 amide bonds. The number of hydrogen-bond donors (Lipinski definition) is 1. The van der Waals surface area contributed by atoms with Crippen molar-refractivity contribution >= 4 is 32.4 Å². The minimum absolute atomic E-state index is 0.0948. The molecular weight excluding hydrogens is 358 g/mol. The van der Waals surface area contributed by atoms with Gasteiger partial charge in [0, 0.05) is 24.5 Å². The zero-order valence-corrected chi connectivity index (χ0v) is 16.1. The lowest BCUT2D eigenvalue weighted by molar-refractivity contribution is 0.102.